The third-order valence-electron chi connectivity index (χ3n) is 2.98. The van der Waals surface area contributed by atoms with Crippen molar-refractivity contribution in [3.8, 4) is 0 Å². The third-order valence-corrected chi connectivity index (χ3v) is 6.00. The van der Waals surface area contributed by atoms with Gasteiger partial charge in [-0.05, 0) is 41.4 Å². The number of aryl methyl sites for hydroxylation is 2. The summed E-state index contributed by atoms with van der Waals surface area (Å²) in [5.41, 5.74) is 7.10. The molecule has 0 saturated carbocycles. The van der Waals surface area contributed by atoms with Gasteiger partial charge in [0.2, 0.25) is 0 Å². The summed E-state index contributed by atoms with van der Waals surface area (Å²) in [6.07, 6.45) is 0. The first-order valence-corrected chi connectivity index (χ1v) is 8.65. The van der Waals surface area contributed by atoms with Gasteiger partial charge in [-0.15, -0.1) is 11.3 Å². The first-order chi connectivity index (χ1) is 10.8. The van der Waals surface area contributed by atoms with Crippen LogP contribution in [0.3, 0.4) is 0 Å². The molecule has 11 heteroatoms. The smallest absolute Gasteiger partial charge is 0.326 e. The van der Waals surface area contributed by atoms with Crippen LogP contribution in [0.15, 0.2) is 19.1 Å². The molecular weight excluding hydrogens is 408 g/mol. The molecule has 0 saturated heterocycles. The summed E-state index contributed by atoms with van der Waals surface area (Å²) in [5.74, 6) is 0. The fraction of sp³-hybridized carbons (Fsp3) is 0.250. The van der Waals surface area contributed by atoms with E-state index in [0.29, 0.717) is 5.03 Å². The van der Waals surface area contributed by atoms with E-state index in [1.54, 1.807) is 6.92 Å². The molecular formula is C12H11BrN4O4S2. The molecule has 2 rings (SSSR count). The number of aromatic nitrogens is 1. The Hall–Kier alpha value is -1.56. The van der Waals surface area contributed by atoms with Crippen molar-refractivity contribution >= 4 is 50.4 Å². The molecule has 2 aromatic rings. The molecule has 0 aromatic carbocycles. The van der Waals surface area contributed by atoms with Crippen molar-refractivity contribution < 1.29 is 9.85 Å². The van der Waals surface area contributed by atoms with Crippen LogP contribution in [-0.2, 0) is 6.54 Å². The van der Waals surface area contributed by atoms with E-state index in [0.717, 1.165) is 39.9 Å². The molecule has 23 heavy (non-hydrogen) atoms. The number of thiophene rings is 1. The van der Waals surface area contributed by atoms with E-state index in [-0.39, 0.29) is 14.5 Å². The maximum Gasteiger partial charge on any atom is 0.372 e. The molecule has 2 heterocycles. The Bertz CT molecular complexity index is 809. The predicted octanol–water partition coefficient (Wildman–Crippen LogP) is 3.95. The van der Waals surface area contributed by atoms with E-state index >= 15 is 0 Å². The number of hydrogen-bond acceptors (Lipinski definition) is 8. The van der Waals surface area contributed by atoms with Crippen LogP contribution in [0.5, 0.6) is 0 Å². The summed E-state index contributed by atoms with van der Waals surface area (Å²) in [6.45, 7) is 3.91. The lowest BCUT2D eigenvalue weighted by molar-refractivity contribution is -0.423. The number of pyridine rings is 1. The van der Waals surface area contributed by atoms with Gasteiger partial charge in [-0.2, -0.15) is 0 Å². The molecule has 0 atom stereocenters. The van der Waals surface area contributed by atoms with E-state index in [4.69, 9.17) is 5.73 Å². The Morgan fingerprint density at radius 2 is 1.91 bits per heavy atom. The van der Waals surface area contributed by atoms with Gasteiger partial charge in [0.15, 0.2) is 8.00 Å². The van der Waals surface area contributed by atoms with Gasteiger partial charge in [0.05, 0.1) is 9.85 Å². The number of nitrogens with two attached hydrogens (primary N) is 1. The van der Waals surface area contributed by atoms with Crippen molar-refractivity contribution in [2.75, 3.05) is 0 Å². The molecule has 0 aliphatic rings. The highest BCUT2D eigenvalue weighted by atomic mass is 79.9. The Labute approximate surface area is 147 Å². The number of nitrogens with zero attached hydrogens (tertiary/aromatic N) is 3. The maximum absolute atomic E-state index is 11.3. The second-order valence-corrected chi connectivity index (χ2v) is 8.14. The lowest BCUT2D eigenvalue weighted by atomic mass is 10.1. The van der Waals surface area contributed by atoms with E-state index in [1.807, 2.05) is 13.0 Å². The molecule has 0 aliphatic carbocycles. The molecule has 2 aromatic heterocycles. The average Bonchev–Trinajstić information content (AvgIpc) is 2.75. The zero-order valence-electron chi connectivity index (χ0n) is 12.0. The van der Waals surface area contributed by atoms with Gasteiger partial charge in [-0.25, -0.2) is 4.98 Å². The van der Waals surface area contributed by atoms with Gasteiger partial charge in [0, 0.05) is 17.8 Å². The SMILES string of the molecule is Cc1cc(C)c(CN)c(Sc2sc(Br)c([N+](=O)[O-])c2[N+](=O)[O-])n1. The van der Waals surface area contributed by atoms with Crippen molar-refractivity contribution in [3.63, 3.8) is 0 Å². The first kappa shape index (κ1) is 17.8. The summed E-state index contributed by atoms with van der Waals surface area (Å²) in [4.78, 5) is 25.2. The van der Waals surface area contributed by atoms with Crippen molar-refractivity contribution in [2.45, 2.75) is 29.6 Å². The standard InChI is InChI=1S/C12H11BrN4O4S2/c1-5-3-6(2)15-11(7(5)4-14)23-12-9(17(20)21)8(16(18)19)10(13)22-12/h3H,4,14H2,1-2H3. The van der Waals surface area contributed by atoms with Crippen molar-refractivity contribution in [3.05, 3.63) is 46.9 Å². The zero-order chi connectivity index (χ0) is 17.3. The minimum Gasteiger partial charge on any atom is -0.326 e. The van der Waals surface area contributed by atoms with Crippen molar-refractivity contribution in [1.82, 2.24) is 4.98 Å². The van der Waals surface area contributed by atoms with Crippen LogP contribution in [0.25, 0.3) is 0 Å². The Kier molecular flexibility index (Phi) is 5.34. The van der Waals surface area contributed by atoms with E-state index in [1.165, 1.54) is 0 Å². The van der Waals surface area contributed by atoms with E-state index in [9.17, 15) is 20.2 Å². The molecule has 0 amide bonds. The molecule has 122 valence electrons. The topological polar surface area (TPSA) is 125 Å². The lowest BCUT2D eigenvalue weighted by Gasteiger charge is -2.09. The second kappa shape index (κ2) is 6.91. The molecule has 0 fully saturated rings. The molecule has 8 nitrogen and oxygen atoms in total. The van der Waals surface area contributed by atoms with Gasteiger partial charge in [0.25, 0.3) is 0 Å². The summed E-state index contributed by atoms with van der Waals surface area (Å²) < 4.78 is 0.302. The Morgan fingerprint density at radius 3 is 2.43 bits per heavy atom. The Balaban J connectivity index is 2.60. The minimum absolute atomic E-state index is 0.107. The predicted molar refractivity (Wildman–Crippen MR) is 91.1 cm³/mol. The molecule has 0 spiro atoms. The summed E-state index contributed by atoms with van der Waals surface area (Å²) in [7, 11) is 0. The van der Waals surface area contributed by atoms with Crippen LogP contribution < -0.4 is 5.73 Å². The average molecular weight is 419 g/mol. The quantitative estimate of drug-likeness (QED) is 0.575. The van der Waals surface area contributed by atoms with Crippen molar-refractivity contribution in [1.29, 1.82) is 0 Å². The summed E-state index contributed by atoms with van der Waals surface area (Å²) >= 11 is 4.99. The van der Waals surface area contributed by atoms with Gasteiger partial charge >= 0.3 is 11.4 Å². The second-order valence-electron chi connectivity index (χ2n) is 4.55. The molecule has 0 aliphatic heterocycles. The van der Waals surface area contributed by atoms with Gasteiger partial charge in [-0.1, -0.05) is 11.8 Å². The normalized spacial score (nSPS) is 10.8. The summed E-state index contributed by atoms with van der Waals surface area (Å²) in [6, 6.07) is 1.87. The van der Waals surface area contributed by atoms with Crippen LogP contribution in [0.4, 0.5) is 11.4 Å². The molecule has 0 radical (unpaired) electrons. The fourth-order valence-electron chi connectivity index (χ4n) is 2.01. The molecule has 0 unspecified atom stereocenters. The largest absolute Gasteiger partial charge is 0.372 e. The fourth-order valence-corrected chi connectivity index (χ4v) is 5.50. The van der Waals surface area contributed by atoms with Crippen LogP contribution in [0, 0.1) is 34.1 Å². The van der Waals surface area contributed by atoms with Crippen LogP contribution >= 0.6 is 39.0 Å². The number of hydrogen-bond donors (Lipinski definition) is 1. The van der Waals surface area contributed by atoms with Crippen LogP contribution in [-0.4, -0.2) is 14.8 Å². The zero-order valence-corrected chi connectivity index (χ0v) is 15.2. The maximum atomic E-state index is 11.3. The molecule has 0 bridgehead atoms. The van der Waals surface area contributed by atoms with Crippen LogP contribution in [0.1, 0.15) is 16.8 Å². The lowest BCUT2D eigenvalue weighted by Crippen LogP contribution is -2.04. The van der Waals surface area contributed by atoms with Gasteiger partial charge in [-0.3, -0.25) is 20.2 Å². The van der Waals surface area contributed by atoms with Crippen molar-refractivity contribution in [2.24, 2.45) is 5.73 Å². The highest BCUT2D eigenvalue weighted by molar-refractivity contribution is 9.11. The third kappa shape index (κ3) is 3.52. The van der Waals surface area contributed by atoms with Crippen LogP contribution in [0.2, 0.25) is 0 Å². The number of halogens is 1. The van der Waals surface area contributed by atoms with Gasteiger partial charge in [0.1, 0.15) is 5.03 Å². The minimum atomic E-state index is -0.762. The number of nitro groups is 2. The number of rotatable bonds is 5. The Morgan fingerprint density at radius 1 is 1.30 bits per heavy atom. The first-order valence-electron chi connectivity index (χ1n) is 6.22. The monoisotopic (exact) mass is 418 g/mol. The highest BCUT2D eigenvalue weighted by Gasteiger charge is 2.36. The van der Waals surface area contributed by atoms with Gasteiger partial charge < -0.3 is 5.73 Å². The summed E-state index contributed by atoms with van der Waals surface area (Å²) in [5, 5.41) is 22.9. The van der Waals surface area contributed by atoms with E-state index < -0.39 is 21.2 Å². The van der Waals surface area contributed by atoms with E-state index in [2.05, 4.69) is 20.9 Å². The molecule has 2 N–H and O–H groups in total. The highest BCUT2D eigenvalue weighted by Crippen LogP contribution is 2.51.